The molecule has 2 aromatic carbocycles. The molecular formula is C31H43NO3. The van der Waals surface area contributed by atoms with Gasteiger partial charge in [-0.2, -0.15) is 0 Å². The van der Waals surface area contributed by atoms with E-state index in [0.717, 1.165) is 36.3 Å². The zero-order valence-corrected chi connectivity index (χ0v) is 21.8. The molecule has 0 bridgehead atoms. The number of carbonyl (C=O) groups excluding carboxylic acids is 1. The van der Waals surface area contributed by atoms with Crippen molar-refractivity contribution < 1.29 is 14.3 Å². The molecule has 2 aromatic rings. The zero-order chi connectivity index (χ0) is 25.3. The minimum absolute atomic E-state index is 0.127. The van der Waals surface area contributed by atoms with Crippen molar-refractivity contribution in [3.63, 3.8) is 0 Å². The average Bonchev–Trinajstić information content (AvgIpc) is 2.87. The van der Waals surface area contributed by atoms with Gasteiger partial charge in [0.1, 0.15) is 11.5 Å². The standard InChI is InChI=1S/C31H43NO3/c1-4-6-7-8-9-10-11-12-23-34-29-20-15-26(16-21-29)17-22-31(33)35-30(25(3)5-2)24-27-13-18-28(32)19-14-27/h13-22,24-25H,4-12,23,32H2,1-3H3. The number of ether oxygens (including phenoxy) is 2. The van der Waals surface area contributed by atoms with E-state index < -0.39 is 0 Å². The molecule has 35 heavy (non-hydrogen) atoms. The molecule has 0 saturated carbocycles. The monoisotopic (exact) mass is 477 g/mol. The first kappa shape index (κ1) is 28.2. The minimum atomic E-state index is -0.387. The molecule has 4 heteroatoms. The summed E-state index contributed by atoms with van der Waals surface area (Å²) < 4.78 is 11.5. The van der Waals surface area contributed by atoms with E-state index in [1.165, 1.54) is 51.0 Å². The smallest absolute Gasteiger partial charge is 0.335 e. The lowest BCUT2D eigenvalue weighted by Crippen LogP contribution is -2.07. The van der Waals surface area contributed by atoms with Crippen LogP contribution in [0.1, 0.15) is 89.7 Å². The normalized spacial score (nSPS) is 12.6. The third-order valence-electron chi connectivity index (χ3n) is 6.12. The highest BCUT2D eigenvalue weighted by atomic mass is 16.5. The molecule has 0 radical (unpaired) electrons. The third kappa shape index (κ3) is 11.8. The molecule has 0 spiro atoms. The summed E-state index contributed by atoms with van der Waals surface area (Å²) in [5.74, 6) is 1.25. The van der Waals surface area contributed by atoms with Gasteiger partial charge in [0.05, 0.1) is 6.61 Å². The fourth-order valence-corrected chi connectivity index (χ4v) is 3.65. The van der Waals surface area contributed by atoms with Crippen LogP contribution in [0.25, 0.3) is 12.2 Å². The number of carbonyl (C=O) groups is 1. The van der Waals surface area contributed by atoms with Crippen molar-refractivity contribution in [2.45, 2.75) is 78.6 Å². The van der Waals surface area contributed by atoms with Gasteiger partial charge in [-0.1, -0.05) is 90.0 Å². The van der Waals surface area contributed by atoms with E-state index in [4.69, 9.17) is 15.2 Å². The van der Waals surface area contributed by atoms with Gasteiger partial charge in [0.25, 0.3) is 0 Å². The van der Waals surface area contributed by atoms with Crippen molar-refractivity contribution in [1.82, 2.24) is 0 Å². The lowest BCUT2D eigenvalue weighted by Gasteiger charge is -2.13. The minimum Gasteiger partial charge on any atom is -0.494 e. The highest BCUT2D eigenvalue weighted by molar-refractivity contribution is 5.88. The SMILES string of the molecule is CCCCCCCCCCOc1ccc(C=CC(=O)OC(=Cc2ccc(N)cc2)C(C)CC)cc1. The molecule has 2 N–H and O–H groups in total. The summed E-state index contributed by atoms with van der Waals surface area (Å²) in [6, 6.07) is 15.3. The zero-order valence-electron chi connectivity index (χ0n) is 21.8. The van der Waals surface area contributed by atoms with Gasteiger partial charge < -0.3 is 15.2 Å². The topological polar surface area (TPSA) is 61.5 Å². The fourth-order valence-electron chi connectivity index (χ4n) is 3.65. The second-order valence-corrected chi connectivity index (χ2v) is 9.17. The van der Waals surface area contributed by atoms with E-state index in [-0.39, 0.29) is 11.9 Å². The van der Waals surface area contributed by atoms with Crippen LogP contribution < -0.4 is 10.5 Å². The molecule has 1 unspecified atom stereocenters. The molecule has 2 rings (SSSR count). The highest BCUT2D eigenvalue weighted by Gasteiger charge is 2.12. The number of nitrogen functional groups attached to an aromatic ring is 1. The van der Waals surface area contributed by atoms with Crippen LogP contribution in [0.2, 0.25) is 0 Å². The summed E-state index contributed by atoms with van der Waals surface area (Å²) in [5, 5.41) is 0. The Kier molecular flexibility index (Phi) is 13.4. The van der Waals surface area contributed by atoms with Crippen LogP contribution in [0.4, 0.5) is 5.69 Å². The van der Waals surface area contributed by atoms with Gasteiger partial charge in [-0.25, -0.2) is 4.79 Å². The maximum absolute atomic E-state index is 12.5. The molecule has 0 heterocycles. The van der Waals surface area contributed by atoms with Crippen molar-refractivity contribution in [1.29, 1.82) is 0 Å². The first-order chi connectivity index (χ1) is 17.0. The second-order valence-electron chi connectivity index (χ2n) is 9.17. The number of unbranched alkanes of at least 4 members (excludes halogenated alkanes) is 7. The van der Waals surface area contributed by atoms with Crippen LogP contribution >= 0.6 is 0 Å². The Morgan fingerprint density at radius 3 is 2.09 bits per heavy atom. The number of allylic oxidation sites excluding steroid dienone is 1. The predicted molar refractivity (Wildman–Crippen MR) is 148 cm³/mol. The van der Waals surface area contributed by atoms with Gasteiger partial charge in [0, 0.05) is 17.7 Å². The number of benzene rings is 2. The Morgan fingerprint density at radius 1 is 0.857 bits per heavy atom. The van der Waals surface area contributed by atoms with Crippen molar-refractivity contribution in [2.24, 2.45) is 5.92 Å². The van der Waals surface area contributed by atoms with Crippen LogP contribution in [-0.4, -0.2) is 12.6 Å². The molecule has 0 fully saturated rings. The van der Waals surface area contributed by atoms with Crippen LogP contribution in [0.3, 0.4) is 0 Å². The molecule has 4 nitrogen and oxygen atoms in total. The number of anilines is 1. The fraction of sp³-hybridized carbons (Fsp3) is 0.452. The summed E-state index contributed by atoms with van der Waals surface area (Å²) in [6.07, 6.45) is 16.3. The first-order valence-electron chi connectivity index (χ1n) is 13.2. The summed E-state index contributed by atoms with van der Waals surface area (Å²) >= 11 is 0. The molecule has 1 atom stereocenters. The number of esters is 1. The van der Waals surface area contributed by atoms with Crippen molar-refractivity contribution >= 4 is 23.8 Å². The molecule has 0 aromatic heterocycles. The maximum Gasteiger partial charge on any atom is 0.335 e. The van der Waals surface area contributed by atoms with Crippen molar-refractivity contribution in [3.05, 3.63) is 71.5 Å². The maximum atomic E-state index is 12.5. The van der Waals surface area contributed by atoms with Gasteiger partial charge in [0.15, 0.2) is 0 Å². The van der Waals surface area contributed by atoms with E-state index in [9.17, 15) is 4.79 Å². The Balaban J connectivity index is 1.78. The summed E-state index contributed by atoms with van der Waals surface area (Å²) in [7, 11) is 0. The lowest BCUT2D eigenvalue weighted by molar-refractivity contribution is -0.134. The lowest BCUT2D eigenvalue weighted by atomic mass is 10.0. The number of nitrogens with two attached hydrogens (primary N) is 1. The predicted octanol–water partition coefficient (Wildman–Crippen LogP) is 8.43. The van der Waals surface area contributed by atoms with Gasteiger partial charge in [0.2, 0.25) is 0 Å². The van der Waals surface area contributed by atoms with Crippen LogP contribution in [0.15, 0.2) is 60.4 Å². The summed E-state index contributed by atoms with van der Waals surface area (Å²) in [5.41, 5.74) is 8.35. The molecule has 0 aliphatic rings. The van der Waals surface area contributed by atoms with E-state index in [0.29, 0.717) is 11.4 Å². The second kappa shape index (κ2) is 16.6. The largest absolute Gasteiger partial charge is 0.494 e. The van der Waals surface area contributed by atoms with Gasteiger partial charge in [-0.05, 0) is 60.4 Å². The number of rotatable bonds is 16. The van der Waals surface area contributed by atoms with Crippen molar-refractivity contribution in [3.8, 4) is 5.75 Å². The van der Waals surface area contributed by atoms with E-state index in [1.54, 1.807) is 6.08 Å². The first-order valence-corrected chi connectivity index (χ1v) is 13.2. The van der Waals surface area contributed by atoms with Gasteiger partial charge in [-0.3, -0.25) is 0 Å². The number of hydrogen-bond donors (Lipinski definition) is 1. The van der Waals surface area contributed by atoms with Crippen LogP contribution in [0, 0.1) is 5.92 Å². The van der Waals surface area contributed by atoms with Crippen LogP contribution in [0.5, 0.6) is 5.75 Å². The summed E-state index contributed by atoms with van der Waals surface area (Å²) in [6.45, 7) is 7.12. The Labute approximate surface area is 212 Å². The highest BCUT2D eigenvalue weighted by Crippen LogP contribution is 2.21. The third-order valence-corrected chi connectivity index (χ3v) is 6.12. The Bertz CT molecular complexity index is 913. The number of hydrogen-bond acceptors (Lipinski definition) is 4. The summed E-state index contributed by atoms with van der Waals surface area (Å²) in [4.78, 5) is 12.5. The molecule has 190 valence electrons. The van der Waals surface area contributed by atoms with Crippen molar-refractivity contribution in [2.75, 3.05) is 12.3 Å². The quantitative estimate of drug-likeness (QED) is 0.0866. The Morgan fingerprint density at radius 2 is 1.46 bits per heavy atom. The molecule has 0 aliphatic carbocycles. The van der Waals surface area contributed by atoms with Gasteiger partial charge >= 0.3 is 5.97 Å². The van der Waals surface area contributed by atoms with E-state index in [2.05, 4.69) is 13.8 Å². The van der Waals surface area contributed by atoms with E-state index in [1.807, 2.05) is 61.5 Å². The molecule has 0 aliphatic heterocycles. The average molecular weight is 478 g/mol. The van der Waals surface area contributed by atoms with E-state index >= 15 is 0 Å². The molecular weight excluding hydrogens is 434 g/mol. The van der Waals surface area contributed by atoms with Crippen LogP contribution in [-0.2, 0) is 9.53 Å². The molecule has 0 saturated heterocycles. The molecule has 0 amide bonds. The Hall–Kier alpha value is -3.01. The van der Waals surface area contributed by atoms with Gasteiger partial charge in [-0.15, -0.1) is 0 Å².